The van der Waals surface area contributed by atoms with Crippen LogP contribution >= 0.6 is 11.3 Å². The van der Waals surface area contributed by atoms with E-state index in [0.29, 0.717) is 22.2 Å². The van der Waals surface area contributed by atoms with E-state index in [9.17, 15) is 13.2 Å². The maximum absolute atomic E-state index is 12.3. The van der Waals surface area contributed by atoms with Gasteiger partial charge < -0.3 is 10.1 Å². The Bertz CT molecular complexity index is 1140. The minimum atomic E-state index is -3.45. The highest BCUT2D eigenvalue weighted by molar-refractivity contribution is 7.92. The highest BCUT2D eigenvalue weighted by atomic mass is 32.2. The maximum Gasteiger partial charge on any atom is 0.232 e. The molecule has 1 aromatic heterocycles. The molecule has 0 unspecified atom stereocenters. The smallest absolute Gasteiger partial charge is 0.232 e. The minimum Gasteiger partial charge on any atom is -0.497 e. The van der Waals surface area contributed by atoms with Crippen molar-refractivity contribution < 1.29 is 17.9 Å². The molecule has 3 aromatic rings. The molecule has 0 saturated heterocycles. The number of ether oxygens (including phenoxy) is 1. The lowest BCUT2D eigenvalue weighted by atomic mass is 10.1. The molecular formula is C22H26N4O4S2. The third-order valence-corrected chi connectivity index (χ3v) is 6.89. The van der Waals surface area contributed by atoms with Gasteiger partial charge in [-0.05, 0) is 54.8 Å². The van der Waals surface area contributed by atoms with Crippen LogP contribution < -0.4 is 14.4 Å². The van der Waals surface area contributed by atoms with E-state index in [1.165, 1.54) is 21.9 Å². The second-order valence-corrected chi connectivity index (χ2v) is 10.0. The fraction of sp³-hybridized carbons (Fsp3) is 0.318. The third-order valence-electron chi connectivity index (χ3n) is 4.81. The van der Waals surface area contributed by atoms with Gasteiger partial charge in [0.1, 0.15) is 10.8 Å². The van der Waals surface area contributed by atoms with Gasteiger partial charge in [0, 0.05) is 18.5 Å². The van der Waals surface area contributed by atoms with Crippen LogP contribution in [0.2, 0.25) is 0 Å². The van der Waals surface area contributed by atoms with Gasteiger partial charge in [-0.3, -0.25) is 9.10 Å². The topological polar surface area (TPSA) is 101 Å². The van der Waals surface area contributed by atoms with E-state index >= 15 is 0 Å². The second-order valence-electron chi connectivity index (χ2n) is 7.15. The van der Waals surface area contributed by atoms with E-state index in [-0.39, 0.29) is 18.9 Å². The number of carbonyl (C=O) groups excluding carboxylic acids is 1. The van der Waals surface area contributed by atoms with Crippen LogP contribution in [-0.4, -0.2) is 44.4 Å². The minimum absolute atomic E-state index is 0.163. The van der Waals surface area contributed by atoms with E-state index in [1.807, 2.05) is 43.3 Å². The molecule has 0 fully saturated rings. The lowest BCUT2D eigenvalue weighted by Gasteiger charge is -2.22. The maximum atomic E-state index is 12.3. The zero-order chi connectivity index (χ0) is 23.1. The number of sulfonamides is 1. The van der Waals surface area contributed by atoms with Gasteiger partial charge in [0.25, 0.3) is 0 Å². The highest BCUT2D eigenvalue weighted by Gasteiger charge is 2.18. The Kier molecular flexibility index (Phi) is 7.81. The van der Waals surface area contributed by atoms with Crippen molar-refractivity contribution in [1.82, 2.24) is 10.2 Å². The number of nitrogens with zero attached hydrogens (tertiary/aromatic N) is 3. The van der Waals surface area contributed by atoms with Crippen molar-refractivity contribution >= 4 is 38.1 Å². The van der Waals surface area contributed by atoms with Gasteiger partial charge in [-0.25, -0.2) is 8.42 Å². The average Bonchev–Trinajstić information content (AvgIpc) is 3.24. The number of anilines is 2. The monoisotopic (exact) mass is 474 g/mol. The summed E-state index contributed by atoms with van der Waals surface area (Å²) in [6, 6.07) is 14.8. The average molecular weight is 475 g/mol. The molecule has 0 aliphatic heterocycles. The number of hydrogen-bond acceptors (Lipinski definition) is 7. The van der Waals surface area contributed by atoms with Crippen molar-refractivity contribution in [2.24, 2.45) is 0 Å². The van der Waals surface area contributed by atoms with Gasteiger partial charge in [-0.2, -0.15) is 0 Å². The first-order chi connectivity index (χ1) is 15.3. The molecule has 0 radical (unpaired) electrons. The number of benzene rings is 2. The summed E-state index contributed by atoms with van der Waals surface area (Å²) in [4.78, 5) is 12.3. The molecule has 1 N–H and O–H groups in total. The van der Waals surface area contributed by atoms with E-state index in [4.69, 9.17) is 4.74 Å². The molecule has 32 heavy (non-hydrogen) atoms. The molecule has 0 aliphatic carbocycles. The van der Waals surface area contributed by atoms with Crippen LogP contribution in [0.5, 0.6) is 5.75 Å². The van der Waals surface area contributed by atoms with E-state index < -0.39 is 10.0 Å². The predicted octanol–water partition coefficient (Wildman–Crippen LogP) is 3.96. The van der Waals surface area contributed by atoms with Gasteiger partial charge in [-0.15, -0.1) is 10.2 Å². The molecule has 2 aromatic carbocycles. The van der Waals surface area contributed by atoms with Crippen LogP contribution in [0.25, 0.3) is 10.6 Å². The van der Waals surface area contributed by atoms with Gasteiger partial charge in [0.05, 0.1) is 19.1 Å². The molecule has 0 spiro atoms. The standard InChI is InChI=1S/C22H26N4O4S2/c1-4-16-7-11-18(12-8-16)26(32(3,28)29)15-5-6-20(27)23-22-25-24-21(31-22)17-9-13-19(30-2)14-10-17/h7-14H,4-6,15H2,1-3H3,(H,23,25,27). The Balaban J connectivity index is 1.56. The Morgan fingerprint density at radius 3 is 2.38 bits per heavy atom. The summed E-state index contributed by atoms with van der Waals surface area (Å²) in [5.41, 5.74) is 2.60. The van der Waals surface area contributed by atoms with Crippen molar-refractivity contribution in [3.8, 4) is 16.3 Å². The quantitative estimate of drug-likeness (QED) is 0.477. The van der Waals surface area contributed by atoms with Crippen LogP contribution in [0.1, 0.15) is 25.3 Å². The van der Waals surface area contributed by atoms with Crippen molar-refractivity contribution in [3.05, 3.63) is 54.1 Å². The van der Waals surface area contributed by atoms with E-state index in [1.54, 1.807) is 19.2 Å². The van der Waals surface area contributed by atoms with Crippen LogP contribution in [0.15, 0.2) is 48.5 Å². The Hall–Kier alpha value is -2.98. The molecule has 8 nitrogen and oxygen atoms in total. The number of rotatable bonds is 10. The normalized spacial score (nSPS) is 11.2. The fourth-order valence-electron chi connectivity index (χ4n) is 3.07. The van der Waals surface area contributed by atoms with Crippen molar-refractivity contribution in [1.29, 1.82) is 0 Å². The van der Waals surface area contributed by atoms with Crippen LogP contribution in [0, 0.1) is 0 Å². The van der Waals surface area contributed by atoms with Gasteiger partial charge in [0.15, 0.2) is 0 Å². The Morgan fingerprint density at radius 1 is 1.09 bits per heavy atom. The molecule has 0 aliphatic rings. The summed E-state index contributed by atoms with van der Waals surface area (Å²) in [5.74, 6) is 0.508. The number of amides is 1. The summed E-state index contributed by atoms with van der Waals surface area (Å²) < 4.78 is 30.9. The molecule has 0 atom stereocenters. The number of hydrogen-bond donors (Lipinski definition) is 1. The summed E-state index contributed by atoms with van der Waals surface area (Å²) in [5, 5.41) is 12.0. The first-order valence-electron chi connectivity index (χ1n) is 10.1. The first-order valence-corrected chi connectivity index (χ1v) is 12.8. The zero-order valence-electron chi connectivity index (χ0n) is 18.2. The third kappa shape index (κ3) is 6.27. The summed E-state index contributed by atoms with van der Waals surface area (Å²) >= 11 is 1.27. The van der Waals surface area contributed by atoms with Crippen molar-refractivity contribution in [2.45, 2.75) is 26.2 Å². The molecule has 3 rings (SSSR count). The highest BCUT2D eigenvalue weighted by Crippen LogP contribution is 2.28. The van der Waals surface area contributed by atoms with Gasteiger partial charge >= 0.3 is 0 Å². The lowest BCUT2D eigenvalue weighted by Crippen LogP contribution is -2.31. The molecule has 1 amide bonds. The molecular weight excluding hydrogens is 448 g/mol. The van der Waals surface area contributed by atoms with Crippen LogP contribution in [0.3, 0.4) is 0 Å². The van der Waals surface area contributed by atoms with Crippen molar-refractivity contribution in [2.75, 3.05) is 29.5 Å². The first kappa shape index (κ1) is 23.7. The zero-order valence-corrected chi connectivity index (χ0v) is 19.9. The lowest BCUT2D eigenvalue weighted by molar-refractivity contribution is -0.116. The number of carbonyl (C=O) groups is 1. The predicted molar refractivity (Wildman–Crippen MR) is 128 cm³/mol. The Labute approximate surface area is 192 Å². The summed E-state index contributed by atoms with van der Waals surface area (Å²) in [7, 11) is -1.85. The number of methoxy groups -OCH3 is 1. The summed E-state index contributed by atoms with van der Waals surface area (Å²) in [6.45, 7) is 2.25. The number of aryl methyl sites for hydroxylation is 1. The van der Waals surface area contributed by atoms with Gasteiger partial charge in [0.2, 0.25) is 21.1 Å². The summed E-state index contributed by atoms with van der Waals surface area (Å²) in [6.07, 6.45) is 2.59. The Morgan fingerprint density at radius 2 is 1.78 bits per heavy atom. The SMILES string of the molecule is CCc1ccc(N(CCCC(=O)Nc2nnc(-c3ccc(OC)cc3)s2)S(C)(=O)=O)cc1. The fourth-order valence-corrected chi connectivity index (χ4v) is 4.80. The van der Waals surface area contributed by atoms with Crippen molar-refractivity contribution in [3.63, 3.8) is 0 Å². The van der Waals surface area contributed by atoms with E-state index in [0.717, 1.165) is 23.3 Å². The van der Waals surface area contributed by atoms with Gasteiger partial charge in [-0.1, -0.05) is 30.4 Å². The number of aromatic nitrogens is 2. The largest absolute Gasteiger partial charge is 0.497 e. The molecule has 170 valence electrons. The van der Waals surface area contributed by atoms with Crippen LogP contribution in [0.4, 0.5) is 10.8 Å². The van der Waals surface area contributed by atoms with E-state index in [2.05, 4.69) is 15.5 Å². The molecule has 10 heteroatoms. The second kappa shape index (κ2) is 10.6. The molecule has 1 heterocycles. The molecule has 0 bridgehead atoms. The molecule has 0 saturated carbocycles. The van der Waals surface area contributed by atoms with Crippen LogP contribution in [-0.2, 0) is 21.2 Å². The number of nitrogens with one attached hydrogen (secondary N) is 1.